The number of halogens is 1. The van der Waals surface area contributed by atoms with Gasteiger partial charge >= 0.3 is 0 Å². The van der Waals surface area contributed by atoms with Crippen molar-refractivity contribution in [3.05, 3.63) is 48.3 Å². The number of nitrogens with two attached hydrogens (primary N) is 1. The number of nitrogen functional groups attached to an aromatic ring is 1. The highest BCUT2D eigenvalue weighted by atomic mass is 32.2. The predicted molar refractivity (Wildman–Crippen MR) is 79.8 cm³/mol. The second-order valence-electron chi connectivity index (χ2n) is 3.99. The summed E-state index contributed by atoms with van der Waals surface area (Å²) >= 11 is 1.41. The van der Waals surface area contributed by atoms with Crippen LogP contribution in [0.2, 0.25) is 0 Å². The lowest BCUT2D eigenvalue weighted by Gasteiger charge is -2.12. The smallest absolute Gasteiger partial charge is 0.264 e. The molecule has 20 heavy (non-hydrogen) atoms. The van der Waals surface area contributed by atoms with Crippen LogP contribution >= 0.6 is 11.8 Å². The summed E-state index contributed by atoms with van der Waals surface area (Å²) in [7, 11) is -3.93. The summed E-state index contributed by atoms with van der Waals surface area (Å²) in [5.74, 6) is -0.655. The lowest BCUT2D eigenvalue weighted by atomic mass is 10.3. The maximum absolute atomic E-state index is 13.2. The van der Waals surface area contributed by atoms with Crippen LogP contribution in [0.1, 0.15) is 0 Å². The summed E-state index contributed by atoms with van der Waals surface area (Å²) in [5.41, 5.74) is 6.04. The Labute approximate surface area is 121 Å². The lowest BCUT2D eigenvalue weighted by molar-refractivity contribution is 0.596. The third-order valence-corrected chi connectivity index (χ3v) is 4.83. The zero-order valence-electron chi connectivity index (χ0n) is 10.6. The molecule has 0 saturated carbocycles. The number of benzene rings is 2. The van der Waals surface area contributed by atoms with Crippen molar-refractivity contribution in [1.29, 1.82) is 0 Å². The molecule has 0 heterocycles. The van der Waals surface area contributed by atoms with Crippen LogP contribution in [0.25, 0.3) is 0 Å². The van der Waals surface area contributed by atoms with Gasteiger partial charge in [0.1, 0.15) is 10.7 Å². The molecule has 2 aromatic rings. The van der Waals surface area contributed by atoms with Crippen LogP contribution in [0, 0.1) is 5.82 Å². The maximum atomic E-state index is 13.2. The van der Waals surface area contributed by atoms with E-state index in [2.05, 4.69) is 4.72 Å². The van der Waals surface area contributed by atoms with Crippen molar-refractivity contribution >= 4 is 33.2 Å². The van der Waals surface area contributed by atoms with Crippen molar-refractivity contribution in [2.75, 3.05) is 16.7 Å². The van der Waals surface area contributed by atoms with E-state index in [1.807, 2.05) is 6.26 Å². The molecule has 0 amide bonds. The summed E-state index contributed by atoms with van der Waals surface area (Å²) in [6, 6.07) is 10.2. The summed E-state index contributed by atoms with van der Waals surface area (Å²) in [6.45, 7) is 0. The summed E-state index contributed by atoms with van der Waals surface area (Å²) in [5, 5.41) is 0. The van der Waals surface area contributed by atoms with Gasteiger partial charge in [-0.15, -0.1) is 11.8 Å². The van der Waals surface area contributed by atoms with Crippen LogP contribution in [-0.4, -0.2) is 14.7 Å². The van der Waals surface area contributed by atoms with Crippen LogP contribution in [0.4, 0.5) is 15.8 Å². The second kappa shape index (κ2) is 5.72. The maximum Gasteiger partial charge on any atom is 0.264 e. The van der Waals surface area contributed by atoms with E-state index in [1.165, 1.54) is 17.8 Å². The zero-order valence-corrected chi connectivity index (χ0v) is 12.3. The SMILES string of the molecule is CSc1ccccc1NS(=O)(=O)c1cc(F)ccc1N. The van der Waals surface area contributed by atoms with Gasteiger partial charge in [0, 0.05) is 4.90 Å². The van der Waals surface area contributed by atoms with Crippen LogP contribution < -0.4 is 10.5 Å². The number of hydrogen-bond acceptors (Lipinski definition) is 4. The van der Waals surface area contributed by atoms with E-state index in [-0.39, 0.29) is 10.6 Å². The molecule has 0 spiro atoms. The molecule has 4 nitrogen and oxygen atoms in total. The van der Waals surface area contributed by atoms with Crippen molar-refractivity contribution < 1.29 is 12.8 Å². The molecule has 3 N–H and O–H groups in total. The highest BCUT2D eigenvalue weighted by molar-refractivity contribution is 7.99. The third kappa shape index (κ3) is 3.05. The minimum Gasteiger partial charge on any atom is -0.398 e. The van der Waals surface area contributed by atoms with E-state index in [0.29, 0.717) is 5.69 Å². The number of thioether (sulfide) groups is 1. The van der Waals surface area contributed by atoms with Crippen molar-refractivity contribution in [2.45, 2.75) is 9.79 Å². The average molecular weight is 312 g/mol. The van der Waals surface area contributed by atoms with Gasteiger partial charge in [-0.1, -0.05) is 12.1 Å². The first-order chi connectivity index (χ1) is 9.44. The average Bonchev–Trinajstić information content (AvgIpc) is 2.41. The quantitative estimate of drug-likeness (QED) is 0.672. The second-order valence-corrected chi connectivity index (χ2v) is 6.49. The van der Waals surface area contributed by atoms with Crippen LogP contribution in [0.15, 0.2) is 52.3 Å². The van der Waals surface area contributed by atoms with E-state index in [4.69, 9.17) is 5.73 Å². The first-order valence-electron chi connectivity index (χ1n) is 5.65. The minimum absolute atomic E-state index is 0.000493. The molecule has 0 aromatic heterocycles. The van der Waals surface area contributed by atoms with Crippen LogP contribution in [-0.2, 0) is 10.0 Å². The number of rotatable bonds is 4. The molecule has 0 radical (unpaired) electrons. The van der Waals surface area contributed by atoms with Gasteiger partial charge in [0.2, 0.25) is 0 Å². The Bertz CT molecular complexity index is 733. The first kappa shape index (κ1) is 14.7. The fourth-order valence-corrected chi connectivity index (χ4v) is 3.51. The topological polar surface area (TPSA) is 72.2 Å². The fraction of sp³-hybridized carbons (Fsp3) is 0.0769. The van der Waals surface area contributed by atoms with Gasteiger partial charge in [-0.2, -0.15) is 0 Å². The summed E-state index contributed by atoms with van der Waals surface area (Å²) in [4.78, 5) is 0.499. The number of hydrogen-bond donors (Lipinski definition) is 2. The Morgan fingerprint density at radius 2 is 1.90 bits per heavy atom. The van der Waals surface area contributed by atoms with Crippen molar-refractivity contribution in [3.8, 4) is 0 Å². The molecule has 0 aliphatic rings. The molecule has 0 saturated heterocycles. The number of sulfonamides is 1. The Kier molecular flexibility index (Phi) is 4.20. The lowest BCUT2D eigenvalue weighted by Crippen LogP contribution is -2.15. The van der Waals surface area contributed by atoms with Gasteiger partial charge in [0.15, 0.2) is 0 Å². The van der Waals surface area contributed by atoms with Gasteiger partial charge in [-0.3, -0.25) is 4.72 Å². The Morgan fingerprint density at radius 3 is 2.60 bits per heavy atom. The molecule has 7 heteroatoms. The molecule has 2 rings (SSSR count). The monoisotopic (exact) mass is 312 g/mol. The van der Waals surface area contributed by atoms with Gasteiger partial charge < -0.3 is 5.73 Å². The Balaban J connectivity index is 2.43. The molecule has 0 bridgehead atoms. The van der Waals surface area contributed by atoms with E-state index in [0.717, 1.165) is 17.0 Å². The van der Waals surface area contributed by atoms with Crippen LogP contribution in [0.3, 0.4) is 0 Å². The third-order valence-electron chi connectivity index (χ3n) is 2.62. The van der Waals surface area contributed by atoms with E-state index in [9.17, 15) is 12.8 Å². The normalized spacial score (nSPS) is 11.3. The molecule has 2 aromatic carbocycles. The Morgan fingerprint density at radius 1 is 1.20 bits per heavy atom. The van der Waals surface area contributed by atoms with Crippen molar-refractivity contribution in [3.63, 3.8) is 0 Å². The van der Waals surface area contributed by atoms with Gasteiger partial charge in [-0.05, 0) is 36.6 Å². The van der Waals surface area contributed by atoms with E-state index >= 15 is 0 Å². The summed E-state index contributed by atoms with van der Waals surface area (Å²) in [6.07, 6.45) is 1.84. The zero-order chi connectivity index (χ0) is 14.8. The molecule has 0 unspecified atom stereocenters. The van der Waals surface area contributed by atoms with Gasteiger partial charge in [0.25, 0.3) is 10.0 Å². The minimum atomic E-state index is -3.93. The Hall–Kier alpha value is -1.73. The largest absolute Gasteiger partial charge is 0.398 e. The summed E-state index contributed by atoms with van der Waals surface area (Å²) < 4.78 is 40.2. The number of anilines is 2. The first-order valence-corrected chi connectivity index (χ1v) is 8.35. The molecule has 0 atom stereocenters. The molecular formula is C13H13FN2O2S2. The van der Waals surface area contributed by atoms with E-state index < -0.39 is 15.8 Å². The fourth-order valence-electron chi connectivity index (χ4n) is 1.67. The standard InChI is InChI=1S/C13H13FN2O2S2/c1-19-12-5-3-2-4-11(12)16-20(17,18)13-8-9(14)6-7-10(13)15/h2-8,16H,15H2,1H3. The molecule has 0 aliphatic heterocycles. The van der Waals surface area contributed by atoms with Crippen molar-refractivity contribution in [1.82, 2.24) is 0 Å². The molecule has 106 valence electrons. The number of para-hydroxylation sites is 1. The van der Waals surface area contributed by atoms with Gasteiger partial charge in [0.05, 0.1) is 11.4 Å². The van der Waals surface area contributed by atoms with Gasteiger partial charge in [-0.25, -0.2) is 12.8 Å². The number of nitrogens with one attached hydrogen (secondary N) is 1. The molecule has 0 aliphatic carbocycles. The predicted octanol–water partition coefficient (Wildman–Crippen LogP) is 2.93. The highest BCUT2D eigenvalue weighted by Gasteiger charge is 2.19. The van der Waals surface area contributed by atoms with Crippen molar-refractivity contribution in [2.24, 2.45) is 0 Å². The van der Waals surface area contributed by atoms with E-state index in [1.54, 1.807) is 24.3 Å². The van der Waals surface area contributed by atoms with Crippen LogP contribution in [0.5, 0.6) is 0 Å². The molecular weight excluding hydrogens is 299 g/mol. The highest BCUT2D eigenvalue weighted by Crippen LogP contribution is 2.28. The molecule has 0 fully saturated rings.